The van der Waals surface area contributed by atoms with Crippen molar-refractivity contribution in [2.45, 2.75) is 13.0 Å². The van der Waals surface area contributed by atoms with Crippen LogP contribution in [-0.2, 0) is 4.79 Å². The molecule has 2 N–H and O–H groups in total. The summed E-state index contributed by atoms with van der Waals surface area (Å²) in [5.41, 5.74) is 1.97. The number of nitrogens with zero attached hydrogens (tertiary/aromatic N) is 2. The van der Waals surface area contributed by atoms with Crippen LogP contribution in [0.4, 0.5) is 22.7 Å². The smallest absolute Gasteiger partial charge is 0.271 e. The first kappa shape index (κ1) is 19.0. The van der Waals surface area contributed by atoms with Crippen molar-refractivity contribution in [3.63, 3.8) is 0 Å². The van der Waals surface area contributed by atoms with Gasteiger partial charge in [0.25, 0.3) is 5.69 Å². The summed E-state index contributed by atoms with van der Waals surface area (Å²) in [5, 5.41) is 16.7. The second kappa shape index (κ2) is 8.19. The number of anilines is 3. The summed E-state index contributed by atoms with van der Waals surface area (Å²) in [6, 6.07) is 11.1. The zero-order chi connectivity index (χ0) is 19.3. The molecular formula is C18H22N4O4. The summed E-state index contributed by atoms with van der Waals surface area (Å²) in [6.45, 7) is 1.71. The number of hydrogen-bond donors (Lipinski definition) is 2. The molecule has 1 atom stereocenters. The van der Waals surface area contributed by atoms with Gasteiger partial charge < -0.3 is 20.3 Å². The number of methoxy groups -OCH3 is 1. The van der Waals surface area contributed by atoms with Crippen molar-refractivity contribution in [3.05, 3.63) is 52.6 Å². The molecule has 1 amide bonds. The van der Waals surface area contributed by atoms with Gasteiger partial charge in [-0.15, -0.1) is 0 Å². The minimum Gasteiger partial charge on any atom is -0.495 e. The number of rotatable bonds is 7. The second-order valence-electron chi connectivity index (χ2n) is 5.94. The molecule has 8 heteroatoms. The minimum absolute atomic E-state index is 0.124. The molecule has 0 unspecified atom stereocenters. The molecule has 0 radical (unpaired) electrons. The fourth-order valence-electron chi connectivity index (χ4n) is 2.32. The highest BCUT2D eigenvalue weighted by molar-refractivity contribution is 5.97. The van der Waals surface area contributed by atoms with E-state index in [9.17, 15) is 14.9 Å². The molecule has 2 rings (SSSR count). The average molecular weight is 358 g/mol. The summed E-state index contributed by atoms with van der Waals surface area (Å²) in [7, 11) is 5.33. The van der Waals surface area contributed by atoms with E-state index in [4.69, 9.17) is 4.74 Å². The molecule has 26 heavy (non-hydrogen) atoms. The summed E-state index contributed by atoms with van der Waals surface area (Å²) < 4.78 is 5.15. The van der Waals surface area contributed by atoms with Gasteiger partial charge in [-0.1, -0.05) is 0 Å². The van der Waals surface area contributed by atoms with E-state index in [0.717, 1.165) is 11.4 Å². The molecule has 0 spiro atoms. The van der Waals surface area contributed by atoms with E-state index < -0.39 is 11.0 Å². The van der Waals surface area contributed by atoms with Crippen LogP contribution >= 0.6 is 0 Å². The number of nitrogens with one attached hydrogen (secondary N) is 2. The van der Waals surface area contributed by atoms with Crippen molar-refractivity contribution < 1.29 is 14.5 Å². The number of amides is 1. The highest BCUT2D eigenvalue weighted by Gasteiger charge is 2.17. The average Bonchev–Trinajstić information content (AvgIpc) is 2.61. The third-order valence-corrected chi connectivity index (χ3v) is 3.81. The van der Waals surface area contributed by atoms with Crippen LogP contribution in [0.1, 0.15) is 6.92 Å². The maximum absolute atomic E-state index is 12.4. The Morgan fingerprint density at radius 2 is 1.85 bits per heavy atom. The zero-order valence-corrected chi connectivity index (χ0v) is 15.1. The number of nitro groups is 1. The van der Waals surface area contributed by atoms with E-state index >= 15 is 0 Å². The third-order valence-electron chi connectivity index (χ3n) is 3.81. The maximum Gasteiger partial charge on any atom is 0.271 e. The summed E-state index contributed by atoms with van der Waals surface area (Å²) in [6.07, 6.45) is 0. The zero-order valence-electron chi connectivity index (χ0n) is 15.1. The normalized spacial score (nSPS) is 11.4. The Balaban J connectivity index is 2.09. The monoisotopic (exact) mass is 358 g/mol. The van der Waals surface area contributed by atoms with E-state index in [-0.39, 0.29) is 17.3 Å². The number of nitro benzene ring substituents is 1. The fourth-order valence-corrected chi connectivity index (χ4v) is 2.32. The lowest BCUT2D eigenvalue weighted by molar-refractivity contribution is -0.384. The first-order chi connectivity index (χ1) is 12.3. The van der Waals surface area contributed by atoms with Gasteiger partial charge in [0, 0.05) is 37.6 Å². The molecule has 0 aliphatic heterocycles. The first-order valence-electron chi connectivity index (χ1n) is 7.99. The first-order valence-corrected chi connectivity index (χ1v) is 7.99. The summed E-state index contributed by atoms with van der Waals surface area (Å²) in [4.78, 5) is 24.8. The molecule has 0 aliphatic rings. The predicted molar refractivity (Wildman–Crippen MR) is 102 cm³/mol. The van der Waals surface area contributed by atoms with Crippen molar-refractivity contribution >= 4 is 28.7 Å². The van der Waals surface area contributed by atoms with Crippen LogP contribution in [-0.4, -0.2) is 38.1 Å². The molecule has 2 aromatic carbocycles. The van der Waals surface area contributed by atoms with Crippen LogP contribution in [0.25, 0.3) is 0 Å². The van der Waals surface area contributed by atoms with Gasteiger partial charge in [0.05, 0.1) is 17.7 Å². The van der Waals surface area contributed by atoms with Crippen LogP contribution in [0.2, 0.25) is 0 Å². The lowest BCUT2D eigenvalue weighted by atomic mass is 10.2. The van der Waals surface area contributed by atoms with E-state index in [0.29, 0.717) is 5.75 Å². The van der Waals surface area contributed by atoms with Gasteiger partial charge in [-0.25, -0.2) is 0 Å². The summed E-state index contributed by atoms with van der Waals surface area (Å²) >= 11 is 0. The largest absolute Gasteiger partial charge is 0.495 e. The molecule has 138 valence electrons. The van der Waals surface area contributed by atoms with E-state index in [1.807, 2.05) is 43.3 Å². The standard InChI is InChI=1S/C18H22N4O4/c1-12(19-13-5-7-14(8-6-13)21(2)3)18(23)20-16-11-15(22(24)25)9-10-17(16)26-4/h5-12,19H,1-4H3,(H,20,23)/t12-/m0/s1. The lowest BCUT2D eigenvalue weighted by Crippen LogP contribution is -2.32. The lowest BCUT2D eigenvalue weighted by Gasteiger charge is -2.18. The molecule has 0 saturated heterocycles. The van der Waals surface area contributed by atoms with Crippen LogP contribution < -0.4 is 20.3 Å². The van der Waals surface area contributed by atoms with Crippen LogP contribution in [0.3, 0.4) is 0 Å². The van der Waals surface area contributed by atoms with Crippen molar-refractivity contribution in [2.75, 3.05) is 36.7 Å². The van der Waals surface area contributed by atoms with Gasteiger partial charge >= 0.3 is 0 Å². The van der Waals surface area contributed by atoms with E-state index in [1.54, 1.807) is 6.92 Å². The second-order valence-corrected chi connectivity index (χ2v) is 5.94. The van der Waals surface area contributed by atoms with Gasteiger partial charge in [-0.3, -0.25) is 14.9 Å². The molecular weight excluding hydrogens is 336 g/mol. The van der Waals surface area contributed by atoms with Gasteiger partial charge in [-0.05, 0) is 37.3 Å². The molecule has 0 saturated carbocycles. The van der Waals surface area contributed by atoms with Gasteiger partial charge in [-0.2, -0.15) is 0 Å². The highest BCUT2D eigenvalue weighted by Crippen LogP contribution is 2.29. The van der Waals surface area contributed by atoms with Crippen LogP contribution in [0.5, 0.6) is 5.75 Å². The van der Waals surface area contributed by atoms with Crippen molar-refractivity contribution in [1.82, 2.24) is 0 Å². The Kier molecular flexibility index (Phi) is 6.00. The molecule has 0 heterocycles. The third kappa shape index (κ3) is 4.62. The van der Waals surface area contributed by atoms with E-state index in [2.05, 4.69) is 10.6 Å². The van der Waals surface area contributed by atoms with Crippen molar-refractivity contribution in [3.8, 4) is 5.75 Å². The highest BCUT2D eigenvalue weighted by atomic mass is 16.6. The molecule has 0 aliphatic carbocycles. The molecule has 0 bridgehead atoms. The quantitative estimate of drug-likeness (QED) is 0.583. The Bertz CT molecular complexity index is 790. The topological polar surface area (TPSA) is 96.7 Å². The van der Waals surface area contributed by atoms with Gasteiger partial charge in [0.15, 0.2) is 0 Å². The van der Waals surface area contributed by atoms with Gasteiger partial charge in [0.2, 0.25) is 5.91 Å². The van der Waals surface area contributed by atoms with Crippen molar-refractivity contribution in [1.29, 1.82) is 0 Å². The van der Waals surface area contributed by atoms with Crippen molar-refractivity contribution in [2.24, 2.45) is 0 Å². The Morgan fingerprint density at radius 1 is 1.19 bits per heavy atom. The van der Waals surface area contributed by atoms with Crippen LogP contribution in [0.15, 0.2) is 42.5 Å². The van der Waals surface area contributed by atoms with Gasteiger partial charge in [0.1, 0.15) is 11.8 Å². The predicted octanol–water partition coefficient (Wildman–Crippen LogP) is 3.11. The molecule has 8 nitrogen and oxygen atoms in total. The number of ether oxygens (including phenoxy) is 1. The maximum atomic E-state index is 12.4. The SMILES string of the molecule is COc1ccc([N+](=O)[O-])cc1NC(=O)[C@H](C)Nc1ccc(N(C)C)cc1. The number of hydrogen-bond acceptors (Lipinski definition) is 6. The van der Waals surface area contributed by atoms with Crippen LogP contribution in [0, 0.1) is 10.1 Å². The number of non-ortho nitro benzene ring substituents is 1. The molecule has 0 aromatic heterocycles. The minimum atomic E-state index is -0.552. The molecule has 0 fully saturated rings. The Hall–Kier alpha value is -3.29. The Morgan fingerprint density at radius 3 is 2.38 bits per heavy atom. The summed E-state index contributed by atoms with van der Waals surface area (Å²) in [5.74, 6) is 0.0203. The van der Waals surface area contributed by atoms with E-state index in [1.165, 1.54) is 25.3 Å². The number of carbonyl (C=O) groups is 1. The Labute approximate surface area is 151 Å². The molecule has 2 aromatic rings. The number of carbonyl (C=O) groups excluding carboxylic acids is 1. The number of benzene rings is 2. The fraction of sp³-hybridized carbons (Fsp3) is 0.278.